The van der Waals surface area contributed by atoms with E-state index in [2.05, 4.69) is 0 Å². The molecule has 1 aromatic rings. The fourth-order valence-electron chi connectivity index (χ4n) is 1.32. The first-order valence-corrected chi connectivity index (χ1v) is 7.26. The molecule has 0 radical (unpaired) electrons. The number of aliphatic hydroxyl groups excluding tert-OH is 1. The summed E-state index contributed by atoms with van der Waals surface area (Å²) in [7, 11) is -3.47. The molecule has 19 heavy (non-hydrogen) atoms. The highest BCUT2D eigenvalue weighted by atomic mass is 32.2. The summed E-state index contributed by atoms with van der Waals surface area (Å²) >= 11 is 0. The minimum absolute atomic E-state index is 0.0897. The first-order valence-electron chi connectivity index (χ1n) is 5.60. The van der Waals surface area contributed by atoms with Gasteiger partial charge in [-0.25, -0.2) is 12.8 Å². The van der Waals surface area contributed by atoms with E-state index < -0.39 is 22.3 Å². The van der Waals surface area contributed by atoms with Gasteiger partial charge in [0.25, 0.3) is 0 Å². The van der Waals surface area contributed by atoms with Crippen LogP contribution >= 0.6 is 0 Å². The summed E-state index contributed by atoms with van der Waals surface area (Å²) in [5.74, 6) is -0.468. The molecule has 5 nitrogen and oxygen atoms in total. The number of hydrogen-bond acceptors (Lipinski definition) is 5. The summed E-state index contributed by atoms with van der Waals surface area (Å²) in [6.45, 7) is -0.594. The number of rotatable bonds is 7. The average Bonchev–Trinajstić information content (AvgIpc) is 2.37. The smallest absolute Gasteiger partial charge is 0.180 e. The molecule has 0 saturated heterocycles. The molecule has 0 atom stereocenters. The van der Waals surface area contributed by atoms with Crippen LogP contribution in [0.5, 0.6) is 5.75 Å². The molecule has 0 aliphatic rings. The Morgan fingerprint density at radius 1 is 1.37 bits per heavy atom. The highest BCUT2D eigenvalue weighted by Gasteiger charge is 2.13. The molecule has 0 aromatic heterocycles. The second-order valence-electron chi connectivity index (χ2n) is 3.69. The van der Waals surface area contributed by atoms with Gasteiger partial charge in [0.05, 0.1) is 17.3 Å². The third-order valence-electron chi connectivity index (χ3n) is 2.26. The number of halogens is 1. The summed E-state index contributed by atoms with van der Waals surface area (Å²) in [4.78, 5) is 0.0897. The summed E-state index contributed by atoms with van der Waals surface area (Å²) in [6.07, 6.45) is 1.19. The normalized spacial score (nSPS) is 12.5. The van der Waals surface area contributed by atoms with Crippen LogP contribution in [0.25, 0.3) is 0 Å². The van der Waals surface area contributed by atoms with Crippen LogP contribution in [0, 0.1) is 0 Å². The Balaban J connectivity index is 2.70. The van der Waals surface area contributed by atoms with Gasteiger partial charge in [-0.3, -0.25) is 0 Å². The highest BCUT2D eigenvalue weighted by Crippen LogP contribution is 2.17. The lowest BCUT2D eigenvalue weighted by atomic mass is 10.3. The zero-order chi connectivity index (χ0) is 14.3. The van der Waals surface area contributed by atoms with Crippen LogP contribution in [0.15, 0.2) is 41.1 Å². The SMILES string of the molecule is NC/C=C(\F)COc1ccc(S(=O)(=O)CCO)cc1. The van der Waals surface area contributed by atoms with E-state index in [4.69, 9.17) is 15.6 Å². The van der Waals surface area contributed by atoms with Crippen molar-refractivity contribution < 1.29 is 22.7 Å². The first-order chi connectivity index (χ1) is 8.99. The first kappa shape index (κ1) is 15.6. The fourth-order valence-corrected chi connectivity index (χ4v) is 2.35. The Bertz CT molecular complexity index is 525. The van der Waals surface area contributed by atoms with Gasteiger partial charge in [-0.15, -0.1) is 0 Å². The summed E-state index contributed by atoms with van der Waals surface area (Å²) in [6, 6.07) is 5.57. The van der Waals surface area contributed by atoms with Crippen LogP contribution in [0.3, 0.4) is 0 Å². The van der Waals surface area contributed by atoms with Crippen molar-refractivity contribution in [1.82, 2.24) is 0 Å². The maximum Gasteiger partial charge on any atom is 0.180 e. The van der Waals surface area contributed by atoms with E-state index >= 15 is 0 Å². The topological polar surface area (TPSA) is 89.6 Å². The second-order valence-corrected chi connectivity index (χ2v) is 5.80. The van der Waals surface area contributed by atoms with E-state index in [1.165, 1.54) is 30.3 Å². The summed E-state index contributed by atoms with van der Waals surface area (Å²) in [5.41, 5.74) is 5.14. The van der Waals surface area contributed by atoms with Crippen molar-refractivity contribution in [3.63, 3.8) is 0 Å². The molecular weight excluding hydrogens is 273 g/mol. The van der Waals surface area contributed by atoms with Gasteiger partial charge in [0, 0.05) is 6.54 Å². The van der Waals surface area contributed by atoms with Crippen molar-refractivity contribution >= 4 is 9.84 Å². The Kier molecular flexibility index (Phi) is 5.94. The largest absolute Gasteiger partial charge is 0.487 e. The van der Waals surface area contributed by atoms with Crippen LogP contribution in [0.2, 0.25) is 0 Å². The number of hydrogen-bond donors (Lipinski definition) is 2. The van der Waals surface area contributed by atoms with Crippen LogP contribution in [-0.2, 0) is 9.84 Å². The van der Waals surface area contributed by atoms with Crippen molar-refractivity contribution in [3.8, 4) is 5.75 Å². The van der Waals surface area contributed by atoms with E-state index in [9.17, 15) is 12.8 Å². The van der Waals surface area contributed by atoms with E-state index in [0.29, 0.717) is 5.75 Å². The van der Waals surface area contributed by atoms with Crippen molar-refractivity contribution in [2.45, 2.75) is 4.90 Å². The lowest BCUT2D eigenvalue weighted by Crippen LogP contribution is -2.10. The maximum atomic E-state index is 13.0. The highest BCUT2D eigenvalue weighted by molar-refractivity contribution is 7.91. The van der Waals surface area contributed by atoms with Crippen molar-refractivity contribution in [3.05, 3.63) is 36.2 Å². The molecule has 0 heterocycles. The number of ether oxygens (including phenoxy) is 1. The molecular formula is C12H16FNO4S. The summed E-state index contributed by atoms with van der Waals surface area (Å²) in [5, 5.41) is 8.65. The standard InChI is InChI=1S/C12H16FNO4S/c13-10(5-6-14)9-18-11-1-3-12(4-2-11)19(16,17)8-7-15/h1-5,15H,6-9,14H2/b10-5-. The Labute approximate surface area is 111 Å². The molecule has 1 rings (SSSR count). The van der Waals surface area contributed by atoms with E-state index in [1.54, 1.807) is 0 Å². The predicted octanol–water partition coefficient (Wildman–Crippen LogP) is 0.643. The quantitative estimate of drug-likeness (QED) is 0.769. The Morgan fingerprint density at radius 2 is 2.00 bits per heavy atom. The van der Waals surface area contributed by atoms with Gasteiger partial charge in [-0.2, -0.15) is 0 Å². The predicted molar refractivity (Wildman–Crippen MR) is 69.3 cm³/mol. The molecule has 0 aliphatic heterocycles. The van der Waals surface area contributed by atoms with Crippen LogP contribution in [-0.4, -0.2) is 39.0 Å². The zero-order valence-corrected chi connectivity index (χ0v) is 11.1. The lowest BCUT2D eigenvalue weighted by Gasteiger charge is -2.06. The monoisotopic (exact) mass is 289 g/mol. The molecule has 3 N–H and O–H groups in total. The fraction of sp³-hybridized carbons (Fsp3) is 0.333. The molecule has 0 bridgehead atoms. The summed E-state index contributed by atoms with van der Waals surface area (Å²) < 4.78 is 41.3. The van der Waals surface area contributed by atoms with Crippen molar-refractivity contribution in [1.29, 1.82) is 0 Å². The van der Waals surface area contributed by atoms with E-state index in [0.717, 1.165) is 0 Å². The van der Waals surface area contributed by atoms with Gasteiger partial charge in [-0.1, -0.05) is 0 Å². The molecule has 0 fully saturated rings. The van der Waals surface area contributed by atoms with Crippen molar-refractivity contribution in [2.75, 3.05) is 25.5 Å². The minimum Gasteiger partial charge on any atom is -0.487 e. The van der Waals surface area contributed by atoms with E-state index in [1.807, 2.05) is 0 Å². The van der Waals surface area contributed by atoms with Crippen LogP contribution < -0.4 is 10.5 Å². The Hall–Kier alpha value is -1.44. The van der Waals surface area contributed by atoms with Gasteiger partial charge >= 0.3 is 0 Å². The number of aliphatic hydroxyl groups is 1. The van der Waals surface area contributed by atoms with Crippen LogP contribution in [0.1, 0.15) is 0 Å². The lowest BCUT2D eigenvalue weighted by molar-refractivity contribution is 0.318. The number of nitrogens with two attached hydrogens (primary N) is 1. The molecule has 1 aromatic carbocycles. The zero-order valence-electron chi connectivity index (χ0n) is 10.3. The van der Waals surface area contributed by atoms with Gasteiger partial charge in [0.1, 0.15) is 18.2 Å². The Morgan fingerprint density at radius 3 is 2.53 bits per heavy atom. The third kappa shape index (κ3) is 4.98. The van der Waals surface area contributed by atoms with E-state index in [-0.39, 0.29) is 23.8 Å². The molecule has 7 heteroatoms. The van der Waals surface area contributed by atoms with Gasteiger partial charge in [-0.05, 0) is 30.3 Å². The molecule has 0 unspecified atom stereocenters. The molecule has 0 saturated carbocycles. The molecule has 0 spiro atoms. The number of sulfone groups is 1. The molecule has 106 valence electrons. The van der Waals surface area contributed by atoms with Crippen molar-refractivity contribution in [2.24, 2.45) is 5.73 Å². The molecule has 0 aliphatic carbocycles. The number of benzene rings is 1. The molecule has 0 amide bonds. The minimum atomic E-state index is -3.47. The maximum absolute atomic E-state index is 13.0. The van der Waals surface area contributed by atoms with Gasteiger partial charge in [0.2, 0.25) is 0 Å². The van der Waals surface area contributed by atoms with Gasteiger partial charge in [0.15, 0.2) is 9.84 Å². The average molecular weight is 289 g/mol. The van der Waals surface area contributed by atoms with Gasteiger partial charge < -0.3 is 15.6 Å². The second kappa shape index (κ2) is 7.22. The third-order valence-corrected chi connectivity index (χ3v) is 3.97. The van der Waals surface area contributed by atoms with Crippen LogP contribution in [0.4, 0.5) is 4.39 Å².